The minimum absolute atomic E-state index is 0.108. The summed E-state index contributed by atoms with van der Waals surface area (Å²) in [7, 11) is 0. The average molecular weight is 505 g/mol. The Hall–Kier alpha value is -2.76. The van der Waals surface area contributed by atoms with Crippen LogP contribution in [-0.4, -0.2) is 72.8 Å². The monoisotopic (exact) mass is 504 g/mol. The molecule has 3 N–H and O–H groups in total. The molecule has 2 fully saturated rings. The molecule has 190 valence electrons. The molecule has 0 aromatic carbocycles. The number of likely N-dealkylation sites (tertiary alicyclic amines) is 1. The molecule has 0 aliphatic carbocycles. The lowest BCUT2D eigenvalue weighted by molar-refractivity contribution is -0.912. The molecule has 0 saturated carbocycles. The Kier molecular flexibility index (Phi) is 8.53. The number of piperidine rings is 1. The number of carbonyl (C=O) groups excluding carboxylic acids is 3. The number of hydrogen-bond acceptors (Lipinski definition) is 8. The minimum Gasteiger partial charge on any atom is -0.458 e. The normalized spacial score (nSPS) is 18.4. The molecule has 0 spiro atoms. The predicted molar refractivity (Wildman–Crippen MR) is 132 cm³/mol. The molecule has 0 bridgehead atoms. The topological polar surface area (TPSA) is 123 Å². The van der Waals surface area contributed by atoms with Crippen LogP contribution in [0.3, 0.4) is 0 Å². The molecule has 0 radical (unpaired) electrons. The van der Waals surface area contributed by atoms with Gasteiger partial charge in [-0.25, -0.2) is 4.79 Å². The number of thiophene rings is 1. The summed E-state index contributed by atoms with van der Waals surface area (Å²) >= 11 is 1.29. The first-order valence-corrected chi connectivity index (χ1v) is 13.2. The van der Waals surface area contributed by atoms with E-state index in [9.17, 15) is 14.4 Å². The van der Waals surface area contributed by atoms with Crippen LogP contribution in [0.1, 0.15) is 53.8 Å². The molecule has 0 atom stereocenters. The lowest BCUT2D eigenvalue weighted by atomic mass is 10.1. The molecule has 10 nitrogen and oxygen atoms in total. The van der Waals surface area contributed by atoms with Gasteiger partial charge in [-0.15, -0.1) is 11.3 Å². The lowest BCUT2D eigenvalue weighted by Crippen LogP contribution is -2.56. The van der Waals surface area contributed by atoms with Crippen molar-refractivity contribution in [3.05, 3.63) is 28.2 Å². The van der Waals surface area contributed by atoms with Crippen LogP contribution in [0.2, 0.25) is 0 Å². The van der Waals surface area contributed by atoms with Crippen LogP contribution >= 0.6 is 11.3 Å². The van der Waals surface area contributed by atoms with Gasteiger partial charge in [0.25, 0.3) is 11.8 Å². The standard InChI is InChI=1S/C24H33N5O5S/c1-17-16-35-23(24(32)34-18-6-9-25-10-7-18)22(17)27-21(31)15-29(11-4-2-3-5-12-29)14-20(30)26-19-8-13-33-28-19/h8,13,16,18,25H,2-7,9-12,14-15H2,1H3,(H-,26,27,28,30,31,32)/p+1. The zero-order valence-corrected chi connectivity index (χ0v) is 21.0. The van der Waals surface area contributed by atoms with E-state index in [4.69, 9.17) is 9.26 Å². The molecular weight excluding hydrogens is 470 g/mol. The van der Waals surface area contributed by atoms with Crippen LogP contribution in [-0.2, 0) is 14.3 Å². The maximum absolute atomic E-state index is 13.3. The number of aryl methyl sites for hydroxylation is 1. The summed E-state index contributed by atoms with van der Waals surface area (Å²) in [5, 5.41) is 14.6. The van der Waals surface area contributed by atoms with Gasteiger partial charge >= 0.3 is 5.97 Å². The van der Waals surface area contributed by atoms with E-state index >= 15 is 0 Å². The number of nitrogens with zero attached hydrogens (tertiary/aromatic N) is 2. The van der Waals surface area contributed by atoms with Crippen LogP contribution in [0.25, 0.3) is 0 Å². The van der Waals surface area contributed by atoms with Gasteiger partial charge in [-0.3, -0.25) is 9.59 Å². The van der Waals surface area contributed by atoms with Crippen LogP contribution < -0.4 is 16.0 Å². The maximum atomic E-state index is 13.3. The van der Waals surface area contributed by atoms with Crippen molar-refractivity contribution in [2.45, 2.75) is 51.6 Å². The van der Waals surface area contributed by atoms with Crippen LogP contribution in [0, 0.1) is 6.92 Å². The number of carbonyl (C=O) groups is 3. The summed E-state index contributed by atoms with van der Waals surface area (Å²) in [5.41, 5.74) is 1.34. The van der Waals surface area contributed by atoms with Crippen molar-refractivity contribution in [3.63, 3.8) is 0 Å². The number of esters is 1. The highest BCUT2D eigenvalue weighted by atomic mass is 32.1. The Balaban J connectivity index is 1.43. The van der Waals surface area contributed by atoms with Gasteiger partial charge in [0.2, 0.25) is 0 Å². The van der Waals surface area contributed by atoms with Crippen molar-refractivity contribution >= 4 is 40.6 Å². The zero-order valence-electron chi connectivity index (χ0n) is 20.1. The Morgan fingerprint density at radius 2 is 1.80 bits per heavy atom. The van der Waals surface area contributed by atoms with Gasteiger partial charge in [0, 0.05) is 6.07 Å². The van der Waals surface area contributed by atoms with Gasteiger partial charge in [-0.2, -0.15) is 0 Å². The molecule has 11 heteroatoms. The number of ether oxygens (including phenoxy) is 1. The zero-order chi connectivity index (χ0) is 24.7. The van der Waals surface area contributed by atoms with Gasteiger partial charge in [-0.1, -0.05) is 5.16 Å². The highest BCUT2D eigenvalue weighted by molar-refractivity contribution is 7.12. The molecule has 2 amide bonds. The smallest absolute Gasteiger partial charge is 0.350 e. The van der Waals surface area contributed by atoms with E-state index in [-0.39, 0.29) is 31.0 Å². The fourth-order valence-electron chi connectivity index (χ4n) is 4.85. The maximum Gasteiger partial charge on any atom is 0.350 e. The number of quaternary nitrogens is 1. The Morgan fingerprint density at radius 1 is 1.11 bits per heavy atom. The minimum atomic E-state index is -0.393. The fraction of sp³-hybridized carbons (Fsp3) is 0.583. The number of hydrogen-bond donors (Lipinski definition) is 3. The molecule has 2 aromatic heterocycles. The second-order valence-corrected chi connectivity index (χ2v) is 10.4. The molecule has 2 saturated heterocycles. The Morgan fingerprint density at radius 3 is 2.46 bits per heavy atom. The molecule has 0 unspecified atom stereocenters. The van der Waals surface area contributed by atoms with Crippen LogP contribution in [0.15, 0.2) is 22.2 Å². The van der Waals surface area contributed by atoms with Gasteiger partial charge < -0.3 is 29.7 Å². The summed E-state index contributed by atoms with van der Waals surface area (Å²) in [6.07, 6.45) is 6.94. The molecule has 4 heterocycles. The van der Waals surface area contributed by atoms with E-state index in [1.165, 1.54) is 17.6 Å². The first-order chi connectivity index (χ1) is 16.9. The van der Waals surface area contributed by atoms with Crippen molar-refractivity contribution in [1.82, 2.24) is 10.5 Å². The lowest BCUT2D eigenvalue weighted by Gasteiger charge is -2.36. The van der Waals surface area contributed by atoms with Gasteiger partial charge in [-0.05, 0) is 69.5 Å². The average Bonchev–Trinajstić information content (AvgIpc) is 3.40. The number of nitrogens with one attached hydrogen (secondary N) is 3. The molecule has 35 heavy (non-hydrogen) atoms. The fourth-order valence-corrected chi connectivity index (χ4v) is 5.73. The summed E-state index contributed by atoms with van der Waals surface area (Å²) in [6, 6.07) is 1.58. The first kappa shape index (κ1) is 25.3. The molecule has 2 aliphatic rings. The van der Waals surface area contributed by atoms with Crippen LogP contribution in [0.4, 0.5) is 11.5 Å². The van der Waals surface area contributed by atoms with Crippen LogP contribution in [0.5, 0.6) is 0 Å². The van der Waals surface area contributed by atoms with Crippen molar-refractivity contribution in [2.24, 2.45) is 0 Å². The molecule has 4 rings (SSSR count). The van der Waals surface area contributed by atoms with E-state index in [2.05, 4.69) is 21.1 Å². The second-order valence-electron chi connectivity index (χ2n) is 9.48. The third-order valence-corrected chi connectivity index (χ3v) is 7.74. The highest BCUT2D eigenvalue weighted by Crippen LogP contribution is 2.30. The largest absolute Gasteiger partial charge is 0.458 e. The second kappa shape index (κ2) is 11.8. The summed E-state index contributed by atoms with van der Waals surface area (Å²) in [6.45, 7) is 5.34. The number of aromatic nitrogens is 1. The Labute approximate surface area is 209 Å². The third kappa shape index (κ3) is 6.89. The van der Waals surface area contributed by atoms with Crippen molar-refractivity contribution in [2.75, 3.05) is 49.9 Å². The third-order valence-electron chi connectivity index (χ3n) is 6.66. The summed E-state index contributed by atoms with van der Waals surface area (Å²) in [4.78, 5) is 39.3. The number of rotatable bonds is 8. The van der Waals surface area contributed by atoms with E-state index < -0.39 is 5.97 Å². The summed E-state index contributed by atoms with van der Waals surface area (Å²) < 4.78 is 10.9. The number of anilines is 2. The van der Waals surface area contributed by atoms with E-state index in [1.807, 2.05) is 12.3 Å². The van der Waals surface area contributed by atoms with E-state index in [1.54, 1.807) is 6.07 Å². The van der Waals surface area contributed by atoms with Gasteiger partial charge in [0.15, 0.2) is 18.9 Å². The summed E-state index contributed by atoms with van der Waals surface area (Å²) in [5.74, 6) is -0.445. The quantitative estimate of drug-likeness (QED) is 0.373. The SMILES string of the molecule is Cc1csc(C(=O)OC2CCNCC2)c1NC(=O)C[N+]1(CC(=O)Nc2ccon2)CCCCCC1. The van der Waals surface area contributed by atoms with Gasteiger partial charge in [0.1, 0.15) is 17.2 Å². The van der Waals surface area contributed by atoms with Crippen molar-refractivity contribution in [3.8, 4) is 0 Å². The number of amides is 2. The van der Waals surface area contributed by atoms with Gasteiger partial charge in [0.05, 0.1) is 18.8 Å². The highest BCUT2D eigenvalue weighted by Gasteiger charge is 2.35. The van der Waals surface area contributed by atoms with Crippen molar-refractivity contribution < 1.29 is 28.1 Å². The Bertz CT molecular complexity index is 1010. The molecular formula is C24H34N5O5S+. The van der Waals surface area contributed by atoms with E-state index in [0.29, 0.717) is 20.9 Å². The molecule has 2 aliphatic heterocycles. The van der Waals surface area contributed by atoms with Crippen molar-refractivity contribution in [1.29, 1.82) is 0 Å². The van der Waals surface area contributed by atoms with E-state index in [0.717, 1.165) is 70.3 Å². The molecule has 2 aromatic rings. The first-order valence-electron chi connectivity index (χ1n) is 12.3. The predicted octanol–water partition coefficient (Wildman–Crippen LogP) is 2.92.